The first-order valence-corrected chi connectivity index (χ1v) is 8.26. The average molecular weight is 341 g/mol. The minimum Gasteiger partial charge on any atom is -0.497 e. The molecule has 4 heteroatoms. The van der Waals surface area contributed by atoms with Gasteiger partial charge < -0.3 is 10.1 Å². The Bertz CT molecular complexity index is 867. The van der Waals surface area contributed by atoms with Gasteiger partial charge in [-0.15, -0.1) is 0 Å². The Balaban J connectivity index is 2.20. The summed E-state index contributed by atoms with van der Waals surface area (Å²) in [6.07, 6.45) is 0. The molecule has 0 unspecified atom stereocenters. The summed E-state index contributed by atoms with van der Waals surface area (Å²) in [5.74, 6) is 0.820. The summed E-state index contributed by atoms with van der Waals surface area (Å²) in [4.78, 5) is 4.80. The summed E-state index contributed by atoms with van der Waals surface area (Å²) in [6.45, 7) is 6.42. The molecule has 124 valence electrons. The van der Waals surface area contributed by atoms with Crippen LogP contribution in [0.2, 0.25) is 5.02 Å². The van der Waals surface area contributed by atoms with Crippen molar-refractivity contribution in [1.29, 1.82) is 0 Å². The molecule has 0 aliphatic carbocycles. The predicted octanol–water partition coefficient (Wildman–Crippen LogP) is 5.77. The van der Waals surface area contributed by atoms with E-state index in [1.54, 1.807) is 7.11 Å². The van der Waals surface area contributed by atoms with Crippen LogP contribution in [-0.4, -0.2) is 17.6 Å². The van der Waals surface area contributed by atoms with Crippen LogP contribution in [0.15, 0.2) is 48.5 Å². The van der Waals surface area contributed by atoms with E-state index in [0.717, 1.165) is 38.6 Å². The Morgan fingerprint density at radius 3 is 2.33 bits per heavy atom. The van der Waals surface area contributed by atoms with Crippen molar-refractivity contribution in [2.75, 3.05) is 12.4 Å². The summed E-state index contributed by atoms with van der Waals surface area (Å²) in [5.41, 5.74) is 3.85. The van der Waals surface area contributed by atoms with Gasteiger partial charge in [0.2, 0.25) is 0 Å². The molecule has 1 N–H and O–H groups in total. The van der Waals surface area contributed by atoms with Gasteiger partial charge in [0.05, 0.1) is 18.3 Å². The SMILES string of the molecule is COc1ccc2nc(-c3ccc(Cl)cc3)cc(NC(C)(C)C)c2c1. The minimum absolute atomic E-state index is 0.0609. The number of fused-ring (bicyclic) bond motifs is 1. The maximum atomic E-state index is 6.00. The molecule has 1 heterocycles. The number of methoxy groups -OCH3 is 1. The quantitative estimate of drug-likeness (QED) is 0.656. The molecule has 0 atom stereocenters. The number of halogens is 1. The van der Waals surface area contributed by atoms with Crippen molar-refractivity contribution < 1.29 is 4.74 Å². The fourth-order valence-electron chi connectivity index (χ4n) is 2.61. The lowest BCUT2D eigenvalue weighted by Gasteiger charge is -2.24. The van der Waals surface area contributed by atoms with Crippen LogP contribution in [0, 0.1) is 0 Å². The molecule has 0 saturated heterocycles. The molecule has 0 spiro atoms. The Morgan fingerprint density at radius 1 is 1.00 bits per heavy atom. The zero-order valence-corrected chi connectivity index (χ0v) is 15.1. The third-order valence-corrected chi connectivity index (χ3v) is 3.92. The van der Waals surface area contributed by atoms with E-state index in [9.17, 15) is 0 Å². The number of pyridine rings is 1. The lowest BCUT2D eigenvalue weighted by molar-refractivity contribution is 0.415. The Kier molecular flexibility index (Phi) is 4.37. The van der Waals surface area contributed by atoms with Crippen LogP contribution < -0.4 is 10.1 Å². The van der Waals surface area contributed by atoms with Gasteiger partial charge >= 0.3 is 0 Å². The third-order valence-electron chi connectivity index (χ3n) is 3.67. The topological polar surface area (TPSA) is 34.1 Å². The zero-order valence-electron chi connectivity index (χ0n) is 14.4. The van der Waals surface area contributed by atoms with E-state index in [1.807, 2.05) is 42.5 Å². The maximum Gasteiger partial charge on any atom is 0.119 e. The van der Waals surface area contributed by atoms with Gasteiger partial charge in [0.1, 0.15) is 5.75 Å². The standard InChI is InChI=1S/C20H21ClN2O/c1-20(2,3)23-19-12-18(13-5-7-14(21)8-6-13)22-17-10-9-15(24-4)11-16(17)19/h5-12H,1-4H3,(H,22,23). The Hall–Kier alpha value is -2.26. The highest BCUT2D eigenvalue weighted by Crippen LogP contribution is 2.32. The highest BCUT2D eigenvalue weighted by atomic mass is 35.5. The molecular formula is C20H21ClN2O. The van der Waals surface area contributed by atoms with E-state index in [0.29, 0.717) is 0 Å². The van der Waals surface area contributed by atoms with Crippen LogP contribution in [0.25, 0.3) is 22.2 Å². The first kappa shape index (κ1) is 16.6. The lowest BCUT2D eigenvalue weighted by atomic mass is 10.0. The Morgan fingerprint density at radius 2 is 1.71 bits per heavy atom. The average Bonchev–Trinajstić information content (AvgIpc) is 2.53. The largest absolute Gasteiger partial charge is 0.497 e. The first-order chi connectivity index (χ1) is 11.4. The second-order valence-electron chi connectivity index (χ2n) is 6.82. The van der Waals surface area contributed by atoms with Crippen molar-refractivity contribution >= 4 is 28.2 Å². The van der Waals surface area contributed by atoms with Crippen molar-refractivity contribution in [2.45, 2.75) is 26.3 Å². The van der Waals surface area contributed by atoms with Gasteiger partial charge in [-0.3, -0.25) is 0 Å². The predicted molar refractivity (Wildman–Crippen MR) is 102 cm³/mol. The van der Waals surface area contributed by atoms with Crippen molar-refractivity contribution in [3.63, 3.8) is 0 Å². The highest BCUT2D eigenvalue weighted by molar-refractivity contribution is 6.30. The van der Waals surface area contributed by atoms with E-state index in [2.05, 4.69) is 32.2 Å². The van der Waals surface area contributed by atoms with Gasteiger partial charge in [-0.05, 0) is 57.2 Å². The maximum absolute atomic E-state index is 6.00. The molecule has 0 fully saturated rings. The number of ether oxygens (including phenoxy) is 1. The van der Waals surface area contributed by atoms with E-state index >= 15 is 0 Å². The lowest BCUT2D eigenvalue weighted by Crippen LogP contribution is -2.26. The summed E-state index contributed by atoms with van der Waals surface area (Å²) >= 11 is 6.00. The van der Waals surface area contributed by atoms with Crippen LogP contribution in [-0.2, 0) is 0 Å². The molecule has 3 nitrogen and oxygen atoms in total. The fourth-order valence-corrected chi connectivity index (χ4v) is 2.73. The van der Waals surface area contributed by atoms with Crippen molar-refractivity contribution in [3.8, 4) is 17.0 Å². The number of rotatable bonds is 3. The minimum atomic E-state index is -0.0609. The van der Waals surface area contributed by atoms with Crippen LogP contribution in [0.4, 0.5) is 5.69 Å². The molecule has 0 saturated carbocycles. The van der Waals surface area contributed by atoms with E-state index in [4.69, 9.17) is 21.3 Å². The molecule has 0 amide bonds. The van der Waals surface area contributed by atoms with Gasteiger partial charge in [-0.2, -0.15) is 0 Å². The second-order valence-corrected chi connectivity index (χ2v) is 7.26. The number of nitrogens with zero attached hydrogens (tertiary/aromatic N) is 1. The van der Waals surface area contributed by atoms with E-state index < -0.39 is 0 Å². The van der Waals surface area contributed by atoms with Crippen molar-refractivity contribution in [2.24, 2.45) is 0 Å². The number of benzene rings is 2. The molecule has 0 aliphatic rings. The van der Waals surface area contributed by atoms with Crippen LogP contribution in [0.5, 0.6) is 5.75 Å². The molecule has 24 heavy (non-hydrogen) atoms. The summed E-state index contributed by atoms with van der Waals surface area (Å²) in [6, 6.07) is 15.8. The van der Waals surface area contributed by atoms with Gasteiger partial charge in [-0.1, -0.05) is 23.7 Å². The van der Waals surface area contributed by atoms with E-state index in [-0.39, 0.29) is 5.54 Å². The highest BCUT2D eigenvalue weighted by Gasteiger charge is 2.14. The molecule has 0 aliphatic heterocycles. The normalized spacial score (nSPS) is 11.5. The third kappa shape index (κ3) is 3.62. The molecular weight excluding hydrogens is 320 g/mol. The van der Waals surface area contributed by atoms with Gasteiger partial charge in [-0.25, -0.2) is 4.98 Å². The smallest absolute Gasteiger partial charge is 0.119 e. The van der Waals surface area contributed by atoms with Crippen LogP contribution in [0.3, 0.4) is 0 Å². The van der Waals surface area contributed by atoms with Crippen molar-refractivity contribution in [3.05, 3.63) is 53.6 Å². The fraction of sp³-hybridized carbons (Fsp3) is 0.250. The number of aromatic nitrogens is 1. The van der Waals surface area contributed by atoms with Gasteiger partial charge in [0, 0.05) is 27.2 Å². The van der Waals surface area contributed by atoms with Crippen molar-refractivity contribution in [1.82, 2.24) is 4.98 Å². The number of hydrogen-bond donors (Lipinski definition) is 1. The number of hydrogen-bond acceptors (Lipinski definition) is 3. The molecule has 3 aromatic rings. The van der Waals surface area contributed by atoms with Gasteiger partial charge in [0.25, 0.3) is 0 Å². The summed E-state index contributed by atoms with van der Waals surface area (Å²) in [5, 5.41) is 5.34. The molecule has 3 rings (SSSR count). The summed E-state index contributed by atoms with van der Waals surface area (Å²) in [7, 11) is 1.67. The van der Waals surface area contributed by atoms with Crippen LogP contribution in [0.1, 0.15) is 20.8 Å². The summed E-state index contributed by atoms with van der Waals surface area (Å²) < 4.78 is 5.37. The molecule has 0 radical (unpaired) electrons. The zero-order chi connectivity index (χ0) is 17.3. The van der Waals surface area contributed by atoms with Crippen LogP contribution >= 0.6 is 11.6 Å². The monoisotopic (exact) mass is 340 g/mol. The number of anilines is 1. The first-order valence-electron chi connectivity index (χ1n) is 7.89. The second kappa shape index (κ2) is 6.33. The molecule has 1 aromatic heterocycles. The molecule has 2 aromatic carbocycles. The van der Waals surface area contributed by atoms with E-state index in [1.165, 1.54) is 0 Å². The van der Waals surface area contributed by atoms with Gasteiger partial charge in [0.15, 0.2) is 0 Å². The Labute approximate surface area is 147 Å². The molecule has 0 bridgehead atoms. The number of nitrogens with one attached hydrogen (secondary N) is 1.